The highest BCUT2D eigenvalue weighted by Crippen LogP contribution is 2.25. The van der Waals surface area contributed by atoms with Gasteiger partial charge in [0.15, 0.2) is 5.78 Å². The zero-order valence-electron chi connectivity index (χ0n) is 15.3. The summed E-state index contributed by atoms with van der Waals surface area (Å²) in [6, 6.07) is 19.6. The summed E-state index contributed by atoms with van der Waals surface area (Å²) in [5.41, 5.74) is 2.81. The van der Waals surface area contributed by atoms with Crippen molar-refractivity contribution in [2.75, 3.05) is 33.2 Å². The topological polar surface area (TPSA) is 47.3 Å². The van der Waals surface area contributed by atoms with E-state index in [1.165, 1.54) is 5.56 Å². The van der Waals surface area contributed by atoms with E-state index in [1.54, 1.807) is 0 Å². The Balaban J connectivity index is 1.77. The number of ketones is 1. The van der Waals surface area contributed by atoms with Gasteiger partial charge in [0.2, 0.25) is 0 Å². The largest absolute Gasteiger partial charge is 0.304 e. The van der Waals surface area contributed by atoms with Crippen LogP contribution in [-0.4, -0.2) is 48.8 Å². The molecule has 2 aromatic rings. The van der Waals surface area contributed by atoms with Crippen LogP contribution in [0, 0.1) is 11.3 Å². The minimum absolute atomic E-state index is 0.222. The van der Waals surface area contributed by atoms with Crippen LogP contribution in [0.15, 0.2) is 54.6 Å². The fourth-order valence-electron chi connectivity index (χ4n) is 3.47. The highest BCUT2D eigenvalue weighted by Gasteiger charge is 2.29. The van der Waals surface area contributed by atoms with Gasteiger partial charge >= 0.3 is 0 Å². The summed E-state index contributed by atoms with van der Waals surface area (Å²) < 4.78 is 0. The van der Waals surface area contributed by atoms with Gasteiger partial charge in [0.25, 0.3) is 0 Å². The van der Waals surface area contributed by atoms with E-state index in [4.69, 9.17) is 5.26 Å². The maximum absolute atomic E-state index is 13.1. The molecule has 0 bridgehead atoms. The van der Waals surface area contributed by atoms with E-state index in [0.29, 0.717) is 12.0 Å². The fraction of sp³-hybridized carbons (Fsp3) is 0.364. The molecule has 0 radical (unpaired) electrons. The molecule has 1 atom stereocenters. The van der Waals surface area contributed by atoms with E-state index < -0.39 is 0 Å². The van der Waals surface area contributed by atoms with Gasteiger partial charge in [-0.05, 0) is 36.7 Å². The Kier molecular flexibility index (Phi) is 6.17. The average molecular weight is 347 g/mol. The molecule has 1 aliphatic heterocycles. The second-order valence-electron chi connectivity index (χ2n) is 6.93. The number of nitriles is 1. The van der Waals surface area contributed by atoms with E-state index in [-0.39, 0.29) is 11.8 Å². The van der Waals surface area contributed by atoms with Crippen LogP contribution in [0.4, 0.5) is 0 Å². The first-order valence-electron chi connectivity index (χ1n) is 9.16. The predicted molar refractivity (Wildman–Crippen MR) is 103 cm³/mol. The molecule has 1 aliphatic rings. The van der Waals surface area contributed by atoms with Crippen molar-refractivity contribution in [1.29, 1.82) is 5.26 Å². The molecule has 0 spiro atoms. The number of Topliss-reactive ketones (excluding diaryl/α,β-unsaturated/α-hetero) is 1. The number of hydrogen-bond acceptors (Lipinski definition) is 4. The second-order valence-corrected chi connectivity index (χ2v) is 6.93. The summed E-state index contributed by atoms with van der Waals surface area (Å²) in [5, 5.41) is 9.03. The summed E-state index contributed by atoms with van der Waals surface area (Å²) >= 11 is 0. The standard InChI is InChI=1S/C22H25N3O/c1-24-13-15-25(16-14-24)22(20-10-7-19(17-23)8-11-20)21(26)12-9-18-5-3-2-4-6-18/h2-8,10-11,22H,9,12-16H2,1H3. The maximum Gasteiger partial charge on any atom is 0.154 e. The molecule has 4 nitrogen and oxygen atoms in total. The number of piperazine rings is 1. The summed E-state index contributed by atoms with van der Waals surface area (Å²) in [7, 11) is 2.12. The molecule has 1 unspecified atom stereocenters. The van der Waals surface area contributed by atoms with Gasteiger partial charge in [0, 0.05) is 32.6 Å². The molecule has 26 heavy (non-hydrogen) atoms. The highest BCUT2D eigenvalue weighted by molar-refractivity contribution is 5.85. The molecule has 1 heterocycles. The third-order valence-corrected chi connectivity index (χ3v) is 5.07. The molecule has 1 saturated heterocycles. The van der Waals surface area contributed by atoms with Crippen molar-refractivity contribution in [3.63, 3.8) is 0 Å². The number of rotatable bonds is 6. The first kappa shape index (κ1) is 18.3. The molecule has 2 aromatic carbocycles. The molecule has 0 saturated carbocycles. The fourth-order valence-corrected chi connectivity index (χ4v) is 3.47. The minimum atomic E-state index is -0.222. The first-order valence-corrected chi connectivity index (χ1v) is 9.16. The smallest absolute Gasteiger partial charge is 0.154 e. The van der Waals surface area contributed by atoms with Crippen LogP contribution >= 0.6 is 0 Å². The predicted octanol–water partition coefficient (Wildman–Crippen LogP) is 3.05. The monoisotopic (exact) mass is 347 g/mol. The molecular formula is C22H25N3O. The molecule has 0 aliphatic carbocycles. The van der Waals surface area contributed by atoms with Crippen LogP contribution in [0.25, 0.3) is 0 Å². The van der Waals surface area contributed by atoms with Crippen molar-refractivity contribution >= 4 is 5.78 Å². The molecule has 0 N–H and O–H groups in total. The van der Waals surface area contributed by atoms with Crippen LogP contribution in [-0.2, 0) is 11.2 Å². The van der Waals surface area contributed by atoms with Gasteiger partial charge in [-0.1, -0.05) is 42.5 Å². The van der Waals surface area contributed by atoms with Crippen molar-refractivity contribution < 1.29 is 4.79 Å². The van der Waals surface area contributed by atoms with E-state index in [9.17, 15) is 4.79 Å². The lowest BCUT2D eigenvalue weighted by Gasteiger charge is -2.37. The van der Waals surface area contributed by atoms with Gasteiger partial charge < -0.3 is 4.90 Å². The molecule has 0 amide bonds. The minimum Gasteiger partial charge on any atom is -0.304 e. The lowest BCUT2D eigenvalue weighted by atomic mass is 9.95. The number of carbonyl (C=O) groups excluding carboxylic acids is 1. The Bertz CT molecular complexity index is 756. The second kappa shape index (κ2) is 8.75. The number of benzene rings is 2. The van der Waals surface area contributed by atoms with E-state index in [1.807, 2.05) is 42.5 Å². The van der Waals surface area contributed by atoms with Gasteiger partial charge in [-0.15, -0.1) is 0 Å². The zero-order valence-corrected chi connectivity index (χ0v) is 15.3. The third-order valence-electron chi connectivity index (χ3n) is 5.07. The number of aryl methyl sites for hydroxylation is 1. The van der Waals surface area contributed by atoms with Crippen LogP contribution < -0.4 is 0 Å². The maximum atomic E-state index is 13.1. The SMILES string of the molecule is CN1CCN(C(C(=O)CCc2ccccc2)c2ccc(C#N)cc2)CC1. The average Bonchev–Trinajstić information content (AvgIpc) is 2.69. The summed E-state index contributed by atoms with van der Waals surface area (Å²) in [6.07, 6.45) is 1.29. The van der Waals surface area contributed by atoms with Gasteiger partial charge in [-0.3, -0.25) is 9.69 Å². The Labute approximate surface area is 155 Å². The summed E-state index contributed by atoms with van der Waals surface area (Å²) in [6.45, 7) is 3.72. The van der Waals surface area contributed by atoms with E-state index in [2.05, 4.69) is 35.0 Å². The van der Waals surface area contributed by atoms with Crippen LogP contribution in [0.2, 0.25) is 0 Å². The zero-order chi connectivity index (χ0) is 18.4. The highest BCUT2D eigenvalue weighted by atomic mass is 16.1. The Hall–Kier alpha value is -2.48. The quantitative estimate of drug-likeness (QED) is 0.806. The van der Waals surface area contributed by atoms with Gasteiger partial charge in [0.1, 0.15) is 0 Å². The normalized spacial score (nSPS) is 16.8. The molecule has 3 rings (SSSR count). The van der Waals surface area contributed by atoms with Crippen LogP contribution in [0.3, 0.4) is 0 Å². The molecule has 0 aromatic heterocycles. The van der Waals surface area contributed by atoms with Gasteiger partial charge in [-0.25, -0.2) is 0 Å². The third kappa shape index (κ3) is 4.57. The van der Waals surface area contributed by atoms with Crippen molar-refractivity contribution in [3.05, 3.63) is 71.3 Å². The van der Waals surface area contributed by atoms with Crippen LogP contribution in [0.5, 0.6) is 0 Å². The van der Waals surface area contributed by atoms with Crippen molar-refractivity contribution in [3.8, 4) is 6.07 Å². The first-order chi connectivity index (χ1) is 12.7. The number of likely N-dealkylation sites (N-methyl/N-ethyl adjacent to an activating group) is 1. The van der Waals surface area contributed by atoms with Gasteiger partial charge in [-0.2, -0.15) is 5.26 Å². The van der Waals surface area contributed by atoms with Crippen LogP contribution in [0.1, 0.15) is 29.2 Å². The molecular weight excluding hydrogens is 322 g/mol. The molecule has 4 heteroatoms. The van der Waals surface area contributed by atoms with Crippen molar-refractivity contribution in [2.24, 2.45) is 0 Å². The van der Waals surface area contributed by atoms with E-state index >= 15 is 0 Å². The van der Waals surface area contributed by atoms with Crippen molar-refractivity contribution in [1.82, 2.24) is 9.80 Å². The lowest BCUT2D eigenvalue weighted by molar-refractivity contribution is -0.125. The Morgan fingerprint density at radius 2 is 1.69 bits per heavy atom. The summed E-state index contributed by atoms with van der Waals surface area (Å²) in [5.74, 6) is 0.253. The van der Waals surface area contributed by atoms with Gasteiger partial charge in [0.05, 0.1) is 17.7 Å². The molecule has 134 valence electrons. The van der Waals surface area contributed by atoms with E-state index in [0.717, 1.165) is 38.2 Å². The number of nitrogens with zero attached hydrogens (tertiary/aromatic N) is 3. The number of hydrogen-bond donors (Lipinski definition) is 0. The summed E-state index contributed by atoms with van der Waals surface area (Å²) in [4.78, 5) is 17.7. The Morgan fingerprint density at radius 1 is 1.04 bits per heavy atom. The Morgan fingerprint density at radius 3 is 2.31 bits per heavy atom. The number of carbonyl (C=O) groups is 1. The molecule has 1 fully saturated rings. The lowest BCUT2D eigenvalue weighted by Crippen LogP contribution is -2.47. The van der Waals surface area contributed by atoms with Crippen molar-refractivity contribution in [2.45, 2.75) is 18.9 Å².